The summed E-state index contributed by atoms with van der Waals surface area (Å²) in [6.45, 7) is -3.67. The highest BCUT2D eigenvalue weighted by molar-refractivity contribution is 4.63. The fourth-order valence-electron chi connectivity index (χ4n) is 0.0417. The molecule has 0 aromatic carbocycles. The standard InChI is InChI=1S/C5H10/c1-3-5-4-2/h3H,1,4-5H2,2H3/i1D2,2D3,4D2,5D. The van der Waals surface area contributed by atoms with Crippen molar-refractivity contribution in [3.8, 4) is 0 Å². The highest BCUT2D eigenvalue weighted by atomic mass is 13.7. The Bertz CT molecular complexity index is 197. The summed E-state index contributed by atoms with van der Waals surface area (Å²) in [5.41, 5.74) is 0. The molecular formula is C5H10. The van der Waals surface area contributed by atoms with Crippen LogP contribution in [0.4, 0.5) is 0 Å². The molecule has 0 aromatic rings. The van der Waals surface area contributed by atoms with E-state index in [9.17, 15) is 0 Å². The number of hydrogen-bond donors (Lipinski definition) is 0. The molecule has 0 bridgehead atoms. The molecule has 0 spiro atoms. The van der Waals surface area contributed by atoms with E-state index in [4.69, 9.17) is 11.0 Å². The van der Waals surface area contributed by atoms with E-state index in [0.717, 1.165) is 0 Å². The van der Waals surface area contributed by atoms with Gasteiger partial charge in [-0.2, -0.15) is 0 Å². The molecule has 0 N–H and O–H groups in total. The Morgan fingerprint density at radius 3 is 4.20 bits per heavy atom. The second-order valence-electron chi connectivity index (χ2n) is 0.478. The summed E-state index contributed by atoms with van der Waals surface area (Å²) in [5, 5.41) is 0. The molecule has 0 heterocycles. The largest absolute Gasteiger partial charge is 0.103 e. The van der Waals surface area contributed by atoms with Gasteiger partial charge < -0.3 is 0 Å². The molecule has 5 heavy (non-hydrogen) atoms. The third-order valence-electron chi connectivity index (χ3n) is 0.167. The molecule has 0 aliphatic heterocycles. The van der Waals surface area contributed by atoms with Gasteiger partial charge >= 0.3 is 0 Å². The molecule has 1 atom stereocenters. The first kappa shape index (κ1) is 0.481. The Kier molecular flexibility index (Phi) is 0.360. The van der Waals surface area contributed by atoms with Gasteiger partial charge in [-0.15, -0.1) is 6.53 Å². The van der Waals surface area contributed by atoms with Gasteiger partial charge in [0.1, 0.15) is 0 Å². The zero-order chi connectivity index (χ0) is 10.9. The lowest BCUT2D eigenvalue weighted by Crippen LogP contribution is -1.52. The fraction of sp³-hybridized carbons (Fsp3) is 0.600. The van der Waals surface area contributed by atoms with Gasteiger partial charge in [0.25, 0.3) is 0 Å². The van der Waals surface area contributed by atoms with Crippen LogP contribution < -0.4 is 0 Å². The molecule has 1 unspecified atom stereocenters. The van der Waals surface area contributed by atoms with Crippen LogP contribution in [-0.2, 0) is 0 Å². The van der Waals surface area contributed by atoms with E-state index in [1.54, 1.807) is 0 Å². The predicted molar refractivity (Wildman–Crippen MR) is 25.1 cm³/mol. The molecule has 0 nitrogen and oxygen atoms in total. The van der Waals surface area contributed by atoms with Crippen LogP contribution >= 0.6 is 0 Å². The van der Waals surface area contributed by atoms with E-state index in [0.29, 0.717) is 6.08 Å². The van der Waals surface area contributed by atoms with Gasteiger partial charge in [0.15, 0.2) is 0 Å². The van der Waals surface area contributed by atoms with Gasteiger partial charge in [-0.1, -0.05) is 19.3 Å². The van der Waals surface area contributed by atoms with Crippen molar-refractivity contribution in [3.63, 3.8) is 0 Å². The van der Waals surface area contributed by atoms with Crippen molar-refractivity contribution < 1.29 is 11.0 Å². The minimum atomic E-state index is -2.91. The second-order valence-corrected chi connectivity index (χ2v) is 0.478. The molecular weight excluding hydrogens is 60.1 g/mol. The minimum Gasteiger partial charge on any atom is -0.103 e. The summed E-state index contributed by atoms with van der Waals surface area (Å²) in [7, 11) is 0. The van der Waals surface area contributed by atoms with E-state index in [2.05, 4.69) is 0 Å². The number of rotatable bonds is 2. The average Bonchev–Trinajstić information content (AvgIpc) is 1.82. The molecule has 0 saturated heterocycles. The van der Waals surface area contributed by atoms with Crippen molar-refractivity contribution in [1.82, 2.24) is 0 Å². The lowest BCUT2D eigenvalue weighted by molar-refractivity contribution is 0.961. The molecule has 0 aliphatic carbocycles. The van der Waals surface area contributed by atoms with Gasteiger partial charge in [0.05, 0.1) is 2.74 Å². The van der Waals surface area contributed by atoms with Crippen molar-refractivity contribution in [3.05, 3.63) is 12.6 Å². The minimum absolute atomic E-state index is 0.645. The van der Waals surface area contributed by atoms with Crippen molar-refractivity contribution in [1.29, 1.82) is 0 Å². The van der Waals surface area contributed by atoms with Crippen LogP contribution in [-0.4, -0.2) is 0 Å². The first-order valence-corrected chi connectivity index (χ1v) is 1.16. The van der Waals surface area contributed by atoms with Crippen LogP contribution in [0.25, 0.3) is 0 Å². The summed E-state index contributed by atoms with van der Waals surface area (Å²) in [4.78, 5) is 0. The molecule has 30 valence electrons. The van der Waals surface area contributed by atoms with Crippen LogP contribution in [0.15, 0.2) is 12.6 Å². The Balaban J connectivity index is 4.75. The summed E-state index contributed by atoms with van der Waals surface area (Å²) < 4.78 is 55.0. The Morgan fingerprint density at radius 1 is 2.60 bits per heavy atom. The molecule has 0 aliphatic rings. The number of allylic oxidation sites excluding steroid dienone is 1. The SMILES string of the molecule is [2H]C([2H])=CC([2H])C([2H])([2H])C([2H])([2H])[2H]. The third-order valence-corrected chi connectivity index (χ3v) is 0.167. The van der Waals surface area contributed by atoms with Crippen LogP contribution in [0, 0.1) is 0 Å². The fourth-order valence-corrected chi connectivity index (χ4v) is 0.0417. The van der Waals surface area contributed by atoms with E-state index in [1.807, 2.05) is 0 Å². The monoisotopic (exact) mass is 78.1 g/mol. The van der Waals surface area contributed by atoms with Crippen LogP contribution in [0.1, 0.15) is 30.6 Å². The topological polar surface area (TPSA) is 0 Å². The van der Waals surface area contributed by atoms with Crippen molar-refractivity contribution in [2.24, 2.45) is 0 Å². The first-order chi connectivity index (χ1) is 5.59. The quantitative estimate of drug-likeness (QED) is 0.443. The zero-order valence-electron chi connectivity index (χ0n) is 10.7. The maximum atomic E-state index is 7.11. The first-order valence-electron chi connectivity index (χ1n) is 5.24. The molecule has 0 fully saturated rings. The average molecular weight is 78.2 g/mol. The van der Waals surface area contributed by atoms with Gasteiger partial charge in [-0.05, 0) is 6.40 Å². The van der Waals surface area contributed by atoms with Crippen molar-refractivity contribution >= 4 is 0 Å². The zero-order valence-corrected chi connectivity index (χ0v) is 2.65. The summed E-state index contributed by atoms with van der Waals surface area (Å²) in [5.74, 6) is 0. The smallest absolute Gasteiger partial charge is 0.0534 e. The van der Waals surface area contributed by atoms with E-state index in [-0.39, 0.29) is 0 Å². The van der Waals surface area contributed by atoms with Crippen LogP contribution in [0.5, 0.6) is 0 Å². The van der Waals surface area contributed by atoms with Crippen molar-refractivity contribution in [2.45, 2.75) is 19.6 Å². The lowest BCUT2D eigenvalue weighted by atomic mass is 10.3. The Hall–Kier alpha value is -0.260. The molecule has 0 radical (unpaired) electrons. The number of hydrogen-bond acceptors (Lipinski definition) is 0. The van der Waals surface area contributed by atoms with Gasteiger partial charge in [0, 0.05) is 8.22 Å². The van der Waals surface area contributed by atoms with E-state index >= 15 is 0 Å². The summed E-state index contributed by atoms with van der Waals surface area (Å²) in [6.07, 6.45) is -3.79. The highest BCUT2D eigenvalue weighted by Gasteiger charge is 1.61. The highest BCUT2D eigenvalue weighted by Crippen LogP contribution is 1.82. The van der Waals surface area contributed by atoms with Gasteiger partial charge in [0.2, 0.25) is 0 Å². The van der Waals surface area contributed by atoms with Gasteiger partial charge in [-0.25, -0.2) is 0 Å². The van der Waals surface area contributed by atoms with Crippen LogP contribution in [0.2, 0.25) is 0 Å². The molecule has 0 rings (SSSR count). The Morgan fingerprint density at radius 2 is 3.60 bits per heavy atom. The second kappa shape index (κ2) is 3.74. The van der Waals surface area contributed by atoms with Crippen LogP contribution in [0.3, 0.4) is 0 Å². The van der Waals surface area contributed by atoms with Crippen molar-refractivity contribution in [2.75, 3.05) is 0 Å². The summed E-state index contributed by atoms with van der Waals surface area (Å²) >= 11 is 0. The third kappa shape index (κ3) is 3.74. The molecule has 0 amide bonds. The normalized spacial score (nSPS) is 41.6. The predicted octanol–water partition coefficient (Wildman–Crippen LogP) is 1.97. The molecule has 0 heteroatoms. The maximum Gasteiger partial charge on any atom is 0.0534 e. The van der Waals surface area contributed by atoms with Gasteiger partial charge in [-0.3, -0.25) is 0 Å². The lowest BCUT2D eigenvalue weighted by Gasteiger charge is -1.72. The maximum absolute atomic E-state index is 7.11. The van der Waals surface area contributed by atoms with E-state index in [1.165, 1.54) is 0 Å². The Labute approximate surface area is 44.7 Å². The summed E-state index contributed by atoms with van der Waals surface area (Å²) in [6, 6.07) is 0. The van der Waals surface area contributed by atoms with E-state index < -0.39 is 26.2 Å². The molecule has 0 saturated carbocycles. The molecule has 0 aromatic heterocycles.